The zero-order valence-electron chi connectivity index (χ0n) is 12.5. The van der Waals surface area contributed by atoms with Gasteiger partial charge in [0, 0.05) is 32.3 Å². The molecule has 0 fully saturated rings. The lowest BCUT2D eigenvalue weighted by Crippen LogP contribution is -2.51. The molecule has 0 bridgehead atoms. The van der Waals surface area contributed by atoms with Crippen molar-refractivity contribution in [2.24, 2.45) is 4.99 Å². The summed E-state index contributed by atoms with van der Waals surface area (Å²) >= 11 is 0. The minimum absolute atomic E-state index is 0. The predicted octanol–water partition coefficient (Wildman–Crippen LogP) is 1.15. The summed E-state index contributed by atoms with van der Waals surface area (Å²) in [7, 11) is 5.93. The molecule has 0 aromatic heterocycles. The lowest BCUT2D eigenvalue weighted by Gasteiger charge is -2.33. The molecule has 0 atom stereocenters. The number of hydrogen-bond acceptors (Lipinski definition) is 3. The highest BCUT2D eigenvalue weighted by Crippen LogP contribution is 2.07. The summed E-state index contributed by atoms with van der Waals surface area (Å²) in [6.07, 6.45) is 0. The lowest BCUT2D eigenvalue weighted by atomic mass is 10.0. The number of hydrogen-bond donors (Lipinski definition) is 2. The van der Waals surface area contributed by atoms with E-state index in [0.29, 0.717) is 6.61 Å². The van der Waals surface area contributed by atoms with Gasteiger partial charge >= 0.3 is 0 Å². The molecule has 110 valence electrons. The van der Waals surface area contributed by atoms with Crippen LogP contribution in [-0.4, -0.2) is 63.8 Å². The molecule has 0 heterocycles. The molecule has 0 amide bonds. The van der Waals surface area contributed by atoms with E-state index in [9.17, 15) is 0 Å². The van der Waals surface area contributed by atoms with Crippen LogP contribution in [0.25, 0.3) is 0 Å². The minimum atomic E-state index is 0. The van der Waals surface area contributed by atoms with Crippen molar-refractivity contribution in [3.63, 3.8) is 0 Å². The molecule has 6 heteroatoms. The van der Waals surface area contributed by atoms with Gasteiger partial charge in [0.2, 0.25) is 0 Å². The number of aliphatic imine (C=N–C) groups is 1. The number of nitrogens with one attached hydrogen (secondary N) is 2. The van der Waals surface area contributed by atoms with Gasteiger partial charge in [-0.3, -0.25) is 4.99 Å². The van der Waals surface area contributed by atoms with Crippen molar-refractivity contribution in [3.8, 4) is 0 Å². The Balaban J connectivity index is 0. The summed E-state index contributed by atoms with van der Waals surface area (Å²) in [5.74, 6) is 0.819. The third kappa shape index (κ3) is 8.93. The Morgan fingerprint density at radius 2 is 1.89 bits per heavy atom. The number of rotatable bonds is 7. The Labute approximate surface area is 129 Å². The summed E-state index contributed by atoms with van der Waals surface area (Å²) in [6.45, 7) is 9.44. The maximum absolute atomic E-state index is 5.26. The summed E-state index contributed by atoms with van der Waals surface area (Å²) in [5, 5.41) is 6.52. The number of halogens is 1. The van der Waals surface area contributed by atoms with E-state index < -0.39 is 0 Å². The van der Waals surface area contributed by atoms with E-state index in [2.05, 4.69) is 48.5 Å². The Morgan fingerprint density at radius 3 is 2.33 bits per heavy atom. The standard InChI is InChI=1S/C12H28N4O.HI/c1-7-17-9-8-14-11(13-4)15-10-12(2,3)16(5)6;/h7-10H2,1-6H3,(H2,13,14,15);1H. The largest absolute Gasteiger partial charge is 0.380 e. The van der Waals surface area contributed by atoms with Crippen LogP contribution in [0.3, 0.4) is 0 Å². The first-order valence-corrected chi connectivity index (χ1v) is 6.13. The number of likely N-dealkylation sites (N-methyl/N-ethyl adjacent to an activating group) is 1. The quantitative estimate of drug-likeness (QED) is 0.305. The summed E-state index contributed by atoms with van der Waals surface area (Å²) in [4.78, 5) is 6.36. The molecule has 0 aromatic carbocycles. The molecule has 0 radical (unpaired) electrons. The first-order valence-electron chi connectivity index (χ1n) is 6.13. The van der Waals surface area contributed by atoms with Crippen LogP contribution in [0, 0.1) is 0 Å². The van der Waals surface area contributed by atoms with Crippen LogP contribution in [0.4, 0.5) is 0 Å². The van der Waals surface area contributed by atoms with Gasteiger partial charge in [0.1, 0.15) is 0 Å². The first kappa shape index (κ1) is 20.2. The number of nitrogens with zero attached hydrogens (tertiary/aromatic N) is 2. The molecule has 18 heavy (non-hydrogen) atoms. The second-order valence-corrected chi connectivity index (χ2v) is 4.76. The first-order chi connectivity index (χ1) is 7.94. The molecule has 0 aliphatic rings. The summed E-state index contributed by atoms with van der Waals surface area (Å²) < 4.78 is 5.26. The second kappa shape index (κ2) is 10.8. The average Bonchev–Trinajstić information content (AvgIpc) is 2.28. The van der Waals surface area contributed by atoms with Gasteiger partial charge in [-0.1, -0.05) is 0 Å². The van der Waals surface area contributed by atoms with E-state index in [-0.39, 0.29) is 29.5 Å². The third-order valence-electron chi connectivity index (χ3n) is 2.87. The second-order valence-electron chi connectivity index (χ2n) is 4.76. The summed E-state index contributed by atoms with van der Waals surface area (Å²) in [6, 6.07) is 0. The fourth-order valence-electron chi connectivity index (χ4n) is 1.06. The normalized spacial score (nSPS) is 12.3. The van der Waals surface area contributed by atoms with Crippen molar-refractivity contribution >= 4 is 29.9 Å². The van der Waals surface area contributed by atoms with Crippen LogP contribution in [0.2, 0.25) is 0 Å². The van der Waals surface area contributed by atoms with Gasteiger partial charge in [-0.2, -0.15) is 0 Å². The average molecular weight is 372 g/mol. The highest BCUT2D eigenvalue weighted by molar-refractivity contribution is 14.0. The molecule has 0 rings (SSSR count). The topological polar surface area (TPSA) is 48.9 Å². The molecule has 0 saturated heterocycles. The zero-order valence-corrected chi connectivity index (χ0v) is 14.9. The molecule has 0 unspecified atom stereocenters. The predicted molar refractivity (Wildman–Crippen MR) is 89.0 cm³/mol. The van der Waals surface area contributed by atoms with Crippen LogP contribution in [0.15, 0.2) is 4.99 Å². The van der Waals surface area contributed by atoms with E-state index >= 15 is 0 Å². The fraction of sp³-hybridized carbons (Fsp3) is 0.917. The molecule has 0 spiro atoms. The SMILES string of the molecule is CCOCCNC(=NC)NCC(C)(C)N(C)C.I. The van der Waals surface area contributed by atoms with Gasteiger partial charge in [-0.15, -0.1) is 24.0 Å². The lowest BCUT2D eigenvalue weighted by molar-refractivity contribution is 0.152. The molecule has 0 aliphatic heterocycles. The Bertz CT molecular complexity index is 232. The molecule has 0 aliphatic carbocycles. The smallest absolute Gasteiger partial charge is 0.191 e. The molecular formula is C12H29IN4O. The highest BCUT2D eigenvalue weighted by atomic mass is 127. The van der Waals surface area contributed by atoms with Gasteiger partial charge in [0.05, 0.1) is 6.61 Å². The molecule has 2 N–H and O–H groups in total. The van der Waals surface area contributed by atoms with E-state index in [0.717, 1.165) is 25.7 Å². The maximum atomic E-state index is 5.26. The van der Waals surface area contributed by atoms with Crippen LogP contribution < -0.4 is 10.6 Å². The molecule has 5 nitrogen and oxygen atoms in total. The van der Waals surface area contributed by atoms with Crippen molar-refractivity contribution < 1.29 is 4.74 Å². The maximum Gasteiger partial charge on any atom is 0.191 e. The van der Waals surface area contributed by atoms with E-state index in [4.69, 9.17) is 4.74 Å². The van der Waals surface area contributed by atoms with E-state index in [1.807, 2.05) is 6.92 Å². The van der Waals surface area contributed by atoms with Crippen molar-refractivity contribution in [1.29, 1.82) is 0 Å². The van der Waals surface area contributed by atoms with Crippen molar-refractivity contribution in [2.45, 2.75) is 26.3 Å². The summed E-state index contributed by atoms with van der Waals surface area (Å²) in [5.41, 5.74) is 0.0948. The van der Waals surface area contributed by atoms with Crippen molar-refractivity contribution in [2.75, 3.05) is 47.4 Å². The van der Waals surface area contributed by atoms with Gasteiger partial charge < -0.3 is 20.3 Å². The molecule has 0 saturated carbocycles. The van der Waals surface area contributed by atoms with E-state index in [1.165, 1.54) is 0 Å². The van der Waals surface area contributed by atoms with Crippen LogP contribution in [-0.2, 0) is 4.74 Å². The minimum Gasteiger partial charge on any atom is -0.380 e. The molecule has 0 aromatic rings. The van der Waals surface area contributed by atoms with Crippen LogP contribution >= 0.6 is 24.0 Å². The van der Waals surface area contributed by atoms with Gasteiger partial charge in [-0.05, 0) is 34.9 Å². The van der Waals surface area contributed by atoms with Gasteiger partial charge in [0.25, 0.3) is 0 Å². The third-order valence-corrected chi connectivity index (χ3v) is 2.87. The fourth-order valence-corrected chi connectivity index (χ4v) is 1.06. The van der Waals surface area contributed by atoms with Gasteiger partial charge in [-0.25, -0.2) is 0 Å². The molecular weight excluding hydrogens is 343 g/mol. The van der Waals surface area contributed by atoms with Crippen LogP contribution in [0.1, 0.15) is 20.8 Å². The monoisotopic (exact) mass is 372 g/mol. The number of guanidine groups is 1. The highest BCUT2D eigenvalue weighted by Gasteiger charge is 2.20. The Hall–Kier alpha value is -0.0800. The van der Waals surface area contributed by atoms with Crippen molar-refractivity contribution in [3.05, 3.63) is 0 Å². The van der Waals surface area contributed by atoms with E-state index in [1.54, 1.807) is 7.05 Å². The zero-order chi connectivity index (χ0) is 13.3. The Kier molecular flexibility index (Phi) is 12.2. The van der Waals surface area contributed by atoms with Crippen molar-refractivity contribution in [1.82, 2.24) is 15.5 Å². The Morgan fingerprint density at radius 1 is 1.28 bits per heavy atom. The van der Waals surface area contributed by atoms with Gasteiger partial charge in [0.15, 0.2) is 5.96 Å². The van der Waals surface area contributed by atoms with Crippen LogP contribution in [0.5, 0.6) is 0 Å². The number of ether oxygens (including phenoxy) is 1.